The first-order valence-electron chi connectivity index (χ1n) is 5.35. The van der Waals surface area contributed by atoms with Crippen molar-refractivity contribution in [3.05, 3.63) is 49.7 Å². The zero-order chi connectivity index (χ0) is 13.8. The number of hydrogen-bond acceptors (Lipinski definition) is 4. The Labute approximate surface area is 127 Å². The third kappa shape index (κ3) is 3.54. The lowest BCUT2D eigenvalue weighted by molar-refractivity contribution is 0.0606. The normalized spacial score (nSPS) is 10.0. The van der Waals surface area contributed by atoms with Crippen molar-refractivity contribution in [1.82, 2.24) is 0 Å². The maximum absolute atomic E-state index is 12.0. The highest BCUT2D eigenvalue weighted by Crippen LogP contribution is 2.19. The van der Waals surface area contributed by atoms with Crippen molar-refractivity contribution in [3.63, 3.8) is 0 Å². The van der Waals surface area contributed by atoms with Gasteiger partial charge in [0, 0.05) is 9.26 Å². The van der Waals surface area contributed by atoms with Gasteiger partial charge in [0.2, 0.25) is 0 Å². The fourth-order valence-corrected chi connectivity index (χ4v) is 2.58. The summed E-state index contributed by atoms with van der Waals surface area (Å²) in [6, 6.07) is 10.7. The number of carbonyl (C=O) groups is 2. The summed E-state index contributed by atoms with van der Waals surface area (Å²) >= 11 is 3.30. The molecule has 0 saturated carbocycles. The Balaban J connectivity index is 2.09. The Morgan fingerprint density at radius 2 is 1.74 bits per heavy atom. The maximum Gasteiger partial charge on any atom is 0.348 e. The van der Waals surface area contributed by atoms with Crippen molar-refractivity contribution in [2.24, 2.45) is 0 Å². The van der Waals surface area contributed by atoms with Crippen molar-refractivity contribution in [3.8, 4) is 0 Å². The molecule has 0 aliphatic carbocycles. The van der Waals surface area contributed by atoms with Crippen LogP contribution in [0.5, 0.6) is 0 Å². The molecule has 2 rings (SSSR count). The predicted molar refractivity (Wildman–Crippen MR) is 82.8 cm³/mol. The number of halogens is 1. The van der Waals surface area contributed by atoms with Crippen LogP contribution in [0, 0.1) is 3.57 Å². The van der Waals surface area contributed by atoms with E-state index in [-0.39, 0.29) is 5.91 Å². The molecule has 1 N–H and O–H groups in total. The van der Waals surface area contributed by atoms with E-state index in [2.05, 4.69) is 32.6 Å². The Bertz CT molecular complexity index is 607. The Kier molecular flexibility index (Phi) is 4.54. The van der Waals surface area contributed by atoms with E-state index in [1.165, 1.54) is 7.11 Å². The molecule has 1 aromatic carbocycles. The van der Waals surface area contributed by atoms with Crippen molar-refractivity contribution in [2.75, 3.05) is 12.4 Å². The molecule has 2 aromatic rings. The molecule has 0 radical (unpaired) electrons. The third-order valence-corrected chi connectivity index (χ3v) is 4.10. The SMILES string of the molecule is COC(=O)c1ccc(C(=O)Nc2ccc(I)cc2)s1. The number of carbonyl (C=O) groups excluding carboxylic acids is 2. The second-order valence-corrected chi connectivity index (χ2v) is 5.95. The monoisotopic (exact) mass is 387 g/mol. The Hall–Kier alpha value is -1.41. The second-order valence-electron chi connectivity index (χ2n) is 3.62. The van der Waals surface area contributed by atoms with Gasteiger partial charge in [-0.3, -0.25) is 4.79 Å². The lowest BCUT2D eigenvalue weighted by Gasteiger charge is -2.03. The van der Waals surface area contributed by atoms with Crippen LogP contribution in [0.25, 0.3) is 0 Å². The molecule has 0 fully saturated rings. The standard InChI is InChI=1S/C13H10INO3S/c1-18-13(17)11-7-6-10(19-11)12(16)15-9-4-2-8(14)3-5-9/h2-7H,1H3,(H,15,16). The highest BCUT2D eigenvalue weighted by Gasteiger charge is 2.14. The molecule has 19 heavy (non-hydrogen) atoms. The number of thiophene rings is 1. The van der Waals surface area contributed by atoms with Gasteiger partial charge in [0.05, 0.1) is 12.0 Å². The van der Waals surface area contributed by atoms with E-state index in [9.17, 15) is 9.59 Å². The number of rotatable bonds is 3. The molecule has 0 saturated heterocycles. The molecular weight excluding hydrogens is 377 g/mol. The number of nitrogens with one attached hydrogen (secondary N) is 1. The molecular formula is C13H10INO3S. The molecule has 0 atom stereocenters. The Morgan fingerprint density at radius 3 is 2.37 bits per heavy atom. The van der Waals surface area contributed by atoms with Gasteiger partial charge in [0.15, 0.2) is 0 Å². The molecule has 1 amide bonds. The molecule has 1 aromatic heterocycles. The van der Waals surface area contributed by atoms with Crippen molar-refractivity contribution in [2.45, 2.75) is 0 Å². The van der Waals surface area contributed by atoms with Crippen LogP contribution in [0.2, 0.25) is 0 Å². The van der Waals surface area contributed by atoms with Gasteiger partial charge in [0.1, 0.15) is 4.88 Å². The van der Waals surface area contributed by atoms with E-state index in [0.29, 0.717) is 9.75 Å². The van der Waals surface area contributed by atoms with Crippen LogP contribution in [0.4, 0.5) is 5.69 Å². The van der Waals surface area contributed by atoms with Gasteiger partial charge in [0.25, 0.3) is 5.91 Å². The topological polar surface area (TPSA) is 55.4 Å². The minimum Gasteiger partial charge on any atom is -0.465 e. The lowest BCUT2D eigenvalue weighted by Crippen LogP contribution is -2.09. The number of amides is 1. The van der Waals surface area contributed by atoms with E-state index in [1.807, 2.05) is 24.3 Å². The van der Waals surface area contributed by atoms with Crippen LogP contribution in [-0.4, -0.2) is 19.0 Å². The van der Waals surface area contributed by atoms with Gasteiger partial charge in [-0.15, -0.1) is 11.3 Å². The average Bonchev–Trinajstić information content (AvgIpc) is 2.90. The van der Waals surface area contributed by atoms with E-state index >= 15 is 0 Å². The number of anilines is 1. The van der Waals surface area contributed by atoms with Crippen LogP contribution in [-0.2, 0) is 4.74 Å². The molecule has 0 aliphatic rings. The molecule has 0 spiro atoms. The smallest absolute Gasteiger partial charge is 0.348 e. The quantitative estimate of drug-likeness (QED) is 0.649. The minimum absolute atomic E-state index is 0.235. The molecule has 1 heterocycles. The zero-order valence-electron chi connectivity index (χ0n) is 9.98. The number of esters is 1. The largest absolute Gasteiger partial charge is 0.465 e. The number of benzene rings is 1. The molecule has 0 bridgehead atoms. The van der Waals surface area contributed by atoms with Crippen LogP contribution >= 0.6 is 33.9 Å². The summed E-state index contributed by atoms with van der Waals surface area (Å²) in [6.45, 7) is 0. The number of methoxy groups -OCH3 is 1. The molecule has 0 unspecified atom stereocenters. The van der Waals surface area contributed by atoms with E-state index in [1.54, 1.807) is 12.1 Å². The van der Waals surface area contributed by atoms with Crippen LogP contribution < -0.4 is 5.32 Å². The van der Waals surface area contributed by atoms with Gasteiger partial charge in [-0.2, -0.15) is 0 Å². The predicted octanol–water partition coefficient (Wildman–Crippen LogP) is 3.39. The highest BCUT2D eigenvalue weighted by atomic mass is 127. The number of hydrogen-bond donors (Lipinski definition) is 1. The van der Waals surface area contributed by atoms with E-state index < -0.39 is 5.97 Å². The summed E-state index contributed by atoms with van der Waals surface area (Å²) in [4.78, 5) is 24.2. The lowest BCUT2D eigenvalue weighted by atomic mass is 10.3. The minimum atomic E-state index is -0.432. The van der Waals surface area contributed by atoms with Crippen LogP contribution in [0.3, 0.4) is 0 Å². The molecule has 0 aliphatic heterocycles. The Morgan fingerprint density at radius 1 is 1.11 bits per heavy atom. The maximum atomic E-state index is 12.0. The fraction of sp³-hybridized carbons (Fsp3) is 0.0769. The first-order valence-corrected chi connectivity index (χ1v) is 7.25. The van der Waals surface area contributed by atoms with Gasteiger partial charge in [-0.05, 0) is 59.0 Å². The van der Waals surface area contributed by atoms with Crippen LogP contribution in [0.15, 0.2) is 36.4 Å². The molecule has 4 nitrogen and oxygen atoms in total. The summed E-state index contributed by atoms with van der Waals surface area (Å²) in [6.07, 6.45) is 0. The number of ether oxygens (including phenoxy) is 1. The fourth-order valence-electron chi connectivity index (χ4n) is 1.40. The zero-order valence-corrected chi connectivity index (χ0v) is 12.9. The second kappa shape index (κ2) is 6.16. The van der Waals surface area contributed by atoms with Crippen LogP contribution in [0.1, 0.15) is 19.3 Å². The van der Waals surface area contributed by atoms with Gasteiger partial charge in [-0.1, -0.05) is 0 Å². The summed E-state index contributed by atoms with van der Waals surface area (Å²) in [5, 5.41) is 2.77. The third-order valence-electron chi connectivity index (χ3n) is 2.32. The average molecular weight is 387 g/mol. The summed E-state index contributed by atoms with van der Waals surface area (Å²) < 4.78 is 5.70. The summed E-state index contributed by atoms with van der Waals surface area (Å²) in [5.74, 6) is -0.667. The first-order chi connectivity index (χ1) is 9.10. The van der Waals surface area contributed by atoms with Crippen molar-refractivity contribution >= 4 is 51.5 Å². The first kappa shape index (κ1) is 14.0. The van der Waals surface area contributed by atoms with E-state index in [0.717, 1.165) is 20.6 Å². The van der Waals surface area contributed by atoms with Gasteiger partial charge in [-0.25, -0.2) is 4.79 Å². The summed E-state index contributed by atoms with van der Waals surface area (Å²) in [5.41, 5.74) is 0.721. The molecule has 98 valence electrons. The molecule has 6 heteroatoms. The van der Waals surface area contributed by atoms with Gasteiger partial charge < -0.3 is 10.1 Å². The van der Waals surface area contributed by atoms with Crippen molar-refractivity contribution < 1.29 is 14.3 Å². The van der Waals surface area contributed by atoms with Crippen molar-refractivity contribution in [1.29, 1.82) is 0 Å². The highest BCUT2D eigenvalue weighted by molar-refractivity contribution is 14.1. The van der Waals surface area contributed by atoms with Gasteiger partial charge >= 0.3 is 5.97 Å². The summed E-state index contributed by atoms with van der Waals surface area (Å²) in [7, 11) is 1.31. The van der Waals surface area contributed by atoms with E-state index in [4.69, 9.17) is 0 Å².